The summed E-state index contributed by atoms with van der Waals surface area (Å²) in [6, 6.07) is 13.7. The average Bonchev–Trinajstić information content (AvgIpc) is 2.87. The summed E-state index contributed by atoms with van der Waals surface area (Å²) in [6.07, 6.45) is 1.59. The first-order chi connectivity index (χ1) is 16.9. The Hall–Kier alpha value is -3.59. The highest BCUT2D eigenvalue weighted by Crippen LogP contribution is 2.21. The summed E-state index contributed by atoms with van der Waals surface area (Å²) in [5.41, 5.74) is 6.42. The standard InChI is InChI=1S/C26H33N5O4/c1-3-4-11-30-24(27)23(29-12-14-35-15-13-29)25(33)31(26(30)34)17-22(32)28-18(2)20-10-9-19-7-5-6-8-21(19)16-20/h5-10,16,18H,3-4,11-15,17,27H2,1-2H3,(H,28,32). The van der Waals surface area contributed by atoms with Crippen LogP contribution in [0.3, 0.4) is 0 Å². The van der Waals surface area contributed by atoms with Crippen molar-refractivity contribution >= 4 is 28.2 Å². The molecule has 2 heterocycles. The van der Waals surface area contributed by atoms with Crippen LogP contribution in [0.2, 0.25) is 0 Å². The number of morpholine rings is 1. The van der Waals surface area contributed by atoms with E-state index in [0.717, 1.165) is 33.7 Å². The Balaban J connectivity index is 1.61. The highest BCUT2D eigenvalue weighted by atomic mass is 16.5. The molecule has 0 aliphatic carbocycles. The largest absolute Gasteiger partial charge is 0.383 e. The molecule has 1 atom stereocenters. The van der Waals surface area contributed by atoms with Crippen LogP contribution in [0.15, 0.2) is 52.1 Å². The number of amides is 1. The predicted molar refractivity (Wildman–Crippen MR) is 138 cm³/mol. The zero-order chi connectivity index (χ0) is 24.9. The fourth-order valence-electron chi connectivity index (χ4n) is 4.45. The Morgan fingerprint density at radius 3 is 2.51 bits per heavy atom. The van der Waals surface area contributed by atoms with Gasteiger partial charge >= 0.3 is 5.69 Å². The Morgan fingerprint density at radius 2 is 1.80 bits per heavy atom. The number of nitrogen functional groups attached to an aromatic ring is 1. The number of anilines is 2. The summed E-state index contributed by atoms with van der Waals surface area (Å²) in [5.74, 6) is -0.263. The number of nitrogens with zero attached hydrogens (tertiary/aromatic N) is 3. The van der Waals surface area contributed by atoms with E-state index in [1.54, 1.807) is 0 Å². The summed E-state index contributed by atoms with van der Waals surface area (Å²) < 4.78 is 7.81. The first-order valence-electron chi connectivity index (χ1n) is 12.1. The van der Waals surface area contributed by atoms with Crippen molar-refractivity contribution in [1.82, 2.24) is 14.5 Å². The lowest BCUT2D eigenvalue weighted by Crippen LogP contribution is -2.49. The molecular weight excluding hydrogens is 446 g/mol. The first-order valence-corrected chi connectivity index (χ1v) is 12.1. The molecule has 4 rings (SSSR count). The number of carbonyl (C=O) groups excluding carboxylic acids is 1. The minimum absolute atomic E-state index is 0.150. The second-order valence-electron chi connectivity index (χ2n) is 8.91. The highest BCUT2D eigenvalue weighted by molar-refractivity contribution is 5.83. The molecular formula is C26H33N5O4. The van der Waals surface area contributed by atoms with Crippen molar-refractivity contribution in [2.24, 2.45) is 0 Å². The van der Waals surface area contributed by atoms with Crippen molar-refractivity contribution in [2.45, 2.75) is 45.8 Å². The number of ether oxygens (including phenoxy) is 1. The van der Waals surface area contributed by atoms with Gasteiger partial charge in [0.15, 0.2) is 0 Å². The highest BCUT2D eigenvalue weighted by Gasteiger charge is 2.24. The van der Waals surface area contributed by atoms with E-state index in [-0.39, 0.29) is 24.1 Å². The van der Waals surface area contributed by atoms with Gasteiger partial charge in [0, 0.05) is 19.6 Å². The SMILES string of the molecule is CCCCn1c(N)c(N2CCOCC2)c(=O)n(CC(=O)NC(C)c2ccc3ccccc3c2)c1=O. The number of hydrogen-bond acceptors (Lipinski definition) is 6. The lowest BCUT2D eigenvalue weighted by molar-refractivity contribution is -0.122. The molecule has 0 bridgehead atoms. The van der Waals surface area contributed by atoms with Gasteiger partial charge in [-0.05, 0) is 35.7 Å². The molecule has 3 N–H and O–H groups in total. The summed E-state index contributed by atoms with van der Waals surface area (Å²) in [7, 11) is 0. The third-order valence-corrected chi connectivity index (χ3v) is 6.46. The number of unbranched alkanes of at least 4 members (excludes halogenated alkanes) is 1. The number of rotatable bonds is 8. The van der Waals surface area contributed by atoms with Gasteiger partial charge < -0.3 is 20.7 Å². The van der Waals surface area contributed by atoms with Gasteiger partial charge in [0.25, 0.3) is 5.56 Å². The third-order valence-electron chi connectivity index (χ3n) is 6.46. The van der Waals surface area contributed by atoms with Crippen LogP contribution in [0.1, 0.15) is 38.3 Å². The van der Waals surface area contributed by atoms with Crippen LogP contribution in [0, 0.1) is 0 Å². The van der Waals surface area contributed by atoms with Crippen molar-refractivity contribution in [3.8, 4) is 0 Å². The summed E-state index contributed by atoms with van der Waals surface area (Å²) in [5, 5.41) is 5.12. The Labute approximate surface area is 204 Å². The van der Waals surface area contributed by atoms with Gasteiger partial charge in [0.2, 0.25) is 5.91 Å². The topological polar surface area (TPSA) is 112 Å². The zero-order valence-corrected chi connectivity index (χ0v) is 20.3. The van der Waals surface area contributed by atoms with Gasteiger partial charge in [0.05, 0.1) is 19.3 Å². The smallest absolute Gasteiger partial charge is 0.333 e. The third kappa shape index (κ3) is 5.24. The Kier molecular flexibility index (Phi) is 7.55. The fourth-order valence-corrected chi connectivity index (χ4v) is 4.45. The summed E-state index contributed by atoms with van der Waals surface area (Å²) in [6.45, 7) is 5.84. The molecule has 1 aromatic heterocycles. The molecule has 0 spiro atoms. The zero-order valence-electron chi connectivity index (χ0n) is 20.3. The molecule has 1 amide bonds. The number of carbonyl (C=O) groups is 1. The Bertz CT molecular complexity index is 1320. The van der Waals surface area contributed by atoms with Crippen LogP contribution in [0.25, 0.3) is 10.8 Å². The summed E-state index contributed by atoms with van der Waals surface area (Å²) in [4.78, 5) is 41.4. The van der Waals surface area contributed by atoms with Gasteiger partial charge in [-0.2, -0.15) is 0 Å². The van der Waals surface area contributed by atoms with Gasteiger partial charge in [-0.3, -0.25) is 14.2 Å². The lowest BCUT2D eigenvalue weighted by atomic mass is 10.0. The van der Waals surface area contributed by atoms with Crippen molar-refractivity contribution in [3.05, 3.63) is 68.9 Å². The molecule has 0 saturated carbocycles. The minimum Gasteiger partial charge on any atom is -0.383 e. The molecule has 186 valence electrons. The lowest BCUT2D eigenvalue weighted by Gasteiger charge is -2.30. The van der Waals surface area contributed by atoms with Crippen LogP contribution >= 0.6 is 0 Å². The second-order valence-corrected chi connectivity index (χ2v) is 8.91. The quantitative estimate of drug-likeness (QED) is 0.513. The molecule has 2 aromatic carbocycles. The van der Waals surface area contributed by atoms with E-state index in [1.807, 2.05) is 61.2 Å². The van der Waals surface area contributed by atoms with E-state index in [0.29, 0.717) is 32.8 Å². The van der Waals surface area contributed by atoms with Crippen molar-refractivity contribution in [1.29, 1.82) is 0 Å². The van der Waals surface area contributed by atoms with Gasteiger partial charge in [0.1, 0.15) is 18.1 Å². The van der Waals surface area contributed by atoms with Crippen LogP contribution in [0.4, 0.5) is 11.5 Å². The van der Waals surface area contributed by atoms with Crippen molar-refractivity contribution in [3.63, 3.8) is 0 Å². The number of nitrogens with two attached hydrogens (primary N) is 1. The van der Waals surface area contributed by atoms with Crippen molar-refractivity contribution < 1.29 is 9.53 Å². The van der Waals surface area contributed by atoms with Gasteiger partial charge in [-0.15, -0.1) is 0 Å². The van der Waals surface area contributed by atoms with E-state index < -0.39 is 17.2 Å². The minimum atomic E-state index is -0.563. The van der Waals surface area contributed by atoms with Crippen LogP contribution in [-0.2, 0) is 22.6 Å². The van der Waals surface area contributed by atoms with E-state index >= 15 is 0 Å². The maximum Gasteiger partial charge on any atom is 0.333 e. The molecule has 3 aromatic rings. The number of benzene rings is 2. The van der Waals surface area contributed by atoms with Crippen molar-refractivity contribution in [2.75, 3.05) is 36.9 Å². The molecule has 35 heavy (non-hydrogen) atoms. The maximum absolute atomic E-state index is 13.4. The molecule has 1 unspecified atom stereocenters. The molecule has 1 saturated heterocycles. The monoisotopic (exact) mass is 479 g/mol. The predicted octanol–water partition coefficient (Wildman–Crippen LogP) is 2.26. The summed E-state index contributed by atoms with van der Waals surface area (Å²) >= 11 is 0. The maximum atomic E-state index is 13.4. The van der Waals surface area contributed by atoms with Crippen LogP contribution in [0.5, 0.6) is 0 Å². The van der Waals surface area contributed by atoms with Crippen LogP contribution < -0.4 is 27.2 Å². The normalized spacial score (nSPS) is 14.7. The molecule has 9 nitrogen and oxygen atoms in total. The number of fused-ring (bicyclic) bond motifs is 1. The first kappa shape index (κ1) is 24.5. The second kappa shape index (κ2) is 10.8. The van der Waals surface area contributed by atoms with E-state index in [4.69, 9.17) is 10.5 Å². The average molecular weight is 480 g/mol. The fraction of sp³-hybridized carbons (Fsp3) is 0.423. The van der Waals surface area contributed by atoms with Crippen LogP contribution in [-0.4, -0.2) is 41.3 Å². The molecule has 9 heteroatoms. The van der Waals surface area contributed by atoms with E-state index in [9.17, 15) is 14.4 Å². The van der Waals surface area contributed by atoms with E-state index in [1.165, 1.54) is 4.57 Å². The Morgan fingerprint density at radius 1 is 1.09 bits per heavy atom. The van der Waals surface area contributed by atoms with Gasteiger partial charge in [-0.1, -0.05) is 49.7 Å². The molecule has 1 aliphatic rings. The molecule has 1 aliphatic heterocycles. The van der Waals surface area contributed by atoms with E-state index in [2.05, 4.69) is 5.32 Å². The molecule has 1 fully saturated rings. The molecule has 0 radical (unpaired) electrons. The number of nitrogens with one attached hydrogen (secondary N) is 1. The number of hydrogen-bond donors (Lipinski definition) is 2. The number of aromatic nitrogens is 2. The van der Waals surface area contributed by atoms with Gasteiger partial charge in [-0.25, -0.2) is 9.36 Å².